The number of methoxy groups -OCH3 is 1. The van der Waals surface area contributed by atoms with Crippen molar-refractivity contribution in [2.45, 2.75) is 6.18 Å². The quantitative estimate of drug-likeness (QED) is 0.343. The normalized spacial score (nSPS) is 12.6. The summed E-state index contributed by atoms with van der Waals surface area (Å²) >= 11 is 0. The number of halogens is 3. The predicted molar refractivity (Wildman–Crippen MR) is 50.0 cm³/mol. The molecule has 0 rings (SSSR count). The number of ether oxygens (including phenoxy) is 2. The Kier molecular flexibility index (Phi) is 5.91. The largest absolute Gasteiger partial charge is 0.489 e. The van der Waals surface area contributed by atoms with Crippen LogP contribution in [0.25, 0.3) is 0 Å². The summed E-state index contributed by atoms with van der Waals surface area (Å²) in [4.78, 5) is 10.5. The van der Waals surface area contributed by atoms with Crippen LogP contribution in [0.5, 0.6) is 0 Å². The van der Waals surface area contributed by atoms with Crippen LogP contribution in [0.1, 0.15) is 0 Å². The van der Waals surface area contributed by atoms with Crippen molar-refractivity contribution in [3.05, 3.63) is 24.0 Å². The molecule has 0 saturated heterocycles. The molecular formula is C9H10F3NO3. The molecule has 0 aliphatic rings. The Morgan fingerprint density at radius 3 is 2.50 bits per heavy atom. The topological polar surface area (TPSA) is 59.4 Å². The molecule has 7 heteroatoms. The van der Waals surface area contributed by atoms with Gasteiger partial charge in [0.05, 0.1) is 18.9 Å². The smallest absolute Gasteiger partial charge is 0.416 e. The van der Waals surface area contributed by atoms with Crippen LogP contribution in [0.2, 0.25) is 0 Å². The van der Waals surface area contributed by atoms with Gasteiger partial charge < -0.3 is 14.9 Å². The summed E-state index contributed by atoms with van der Waals surface area (Å²) in [6.45, 7) is -0.470. The zero-order valence-corrected chi connectivity index (χ0v) is 8.38. The molecule has 1 N–H and O–H groups in total. The lowest BCUT2D eigenvalue weighted by atomic mass is 10.2. The number of esters is 1. The fourth-order valence-corrected chi connectivity index (χ4v) is 0.631. The first-order chi connectivity index (χ1) is 7.41. The molecular weight excluding hydrogens is 227 g/mol. The van der Waals surface area contributed by atoms with Gasteiger partial charge in [-0.05, 0) is 12.2 Å². The number of rotatable bonds is 5. The maximum atomic E-state index is 12.2. The second-order valence-corrected chi connectivity index (χ2v) is 2.48. The van der Waals surface area contributed by atoms with Gasteiger partial charge in [-0.15, -0.1) is 0 Å². The van der Waals surface area contributed by atoms with Crippen LogP contribution >= 0.6 is 0 Å². The summed E-state index contributed by atoms with van der Waals surface area (Å²) in [5.74, 6) is -0.700. The summed E-state index contributed by atoms with van der Waals surface area (Å²) in [6, 6.07) is 0. The summed E-state index contributed by atoms with van der Waals surface area (Å²) < 4.78 is 45.3. The van der Waals surface area contributed by atoms with E-state index in [2.05, 4.69) is 9.47 Å². The van der Waals surface area contributed by atoms with Crippen LogP contribution in [0.3, 0.4) is 0 Å². The van der Waals surface area contributed by atoms with Crippen molar-refractivity contribution >= 4 is 12.2 Å². The van der Waals surface area contributed by atoms with Crippen molar-refractivity contribution in [2.24, 2.45) is 0 Å². The van der Waals surface area contributed by atoms with E-state index in [4.69, 9.17) is 5.41 Å². The minimum absolute atomic E-state index is 0.470. The molecule has 0 aliphatic carbocycles. The number of alkyl halides is 3. The van der Waals surface area contributed by atoms with E-state index >= 15 is 0 Å². The molecule has 0 aromatic heterocycles. The second-order valence-electron chi connectivity index (χ2n) is 2.48. The number of carbonyl (C=O) groups excluding carboxylic acids is 1. The molecule has 0 spiro atoms. The molecule has 0 aromatic rings. The number of nitrogens with one attached hydrogen (secondary N) is 1. The number of hydrogen-bond donors (Lipinski definition) is 1. The van der Waals surface area contributed by atoms with Crippen LogP contribution in [0.15, 0.2) is 24.0 Å². The van der Waals surface area contributed by atoms with Gasteiger partial charge >= 0.3 is 12.1 Å². The fraction of sp³-hybridized carbons (Fsp3) is 0.333. The predicted octanol–water partition coefficient (Wildman–Crippen LogP) is 1.83. The highest BCUT2D eigenvalue weighted by Gasteiger charge is 2.31. The molecule has 0 heterocycles. The van der Waals surface area contributed by atoms with Crippen molar-refractivity contribution in [2.75, 3.05) is 13.7 Å². The standard InChI is InChI=1S/C9H10F3NO3/c1-15-8(14)6-16-5-3-7(2-4-13)9(10,11)12/h2-5,13H,6H2,1H3/b5-3+,7-2+,13-4?. The summed E-state index contributed by atoms with van der Waals surface area (Å²) in [5.41, 5.74) is -1.05. The van der Waals surface area contributed by atoms with Gasteiger partial charge in [-0.25, -0.2) is 4.79 Å². The van der Waals surface area contributed by atoms with E-state index in [1.807, 2.05) is 0 Å². The molecule has 0 saturated carbocycles. The zero-order valence-electron chi connectivity index (χ0n) is 8.38. The maximum absolute atomic E-state index is 12.2. The van der Waals surface area contributed by atoms with Gasteiger partial charge in [-0.3, -0.25) is 0 Å². The highest BCUT2D eigenvalue weighted by Crippen LogP contribution is 2.25. The van der Waals surface area contributed by atoms with Gasteiger partial charge in [0.25, 0.3) is 0 Å². The van der Waals surface area contributed by atoms with Gasteiger partial charge in [0.1, 0.15) is 0 Å². The molecule has 0 unspecified atom stereocenters. The third-order valence-corrected chi connectivity index (χ3v) is 1.36. The molecule has 90 valence electrons. The minimum atomic E-state index is -4.57. The number of hydrogen-bond acceptors (Lipinski definition) is 4. The Morgan fingerprint density at radius 2 is 2.06 bits per heavy atom. The zero-order chi connectivity index (χ0) is 12.6. The third-order valence-electron chi connectivity index (χ3n) is 1.36. The van der Waals surface area contributed by atoms with E-state index in [0.29, 0.717) is 18.4 Å². The van der Waals surface area contributed by atoms with Gasteiger partial charge in [0.15, 0.2) is 6.61 Å². The number of allylic oxidation sites excluding steroid dienone is 3. The van der Waals surface area contributed by atoms with E-state index in [0.717, 1.165) is 13.4 Å². The second kappa shape index (κ2) is 6.65. The van der Waals surface area contributed by atoms with E-state index < -0.39 is 24.3 Å². The Hall–Kier alpha value is -1.79. The average Bonchev–Trinajstić information content (AvgIpc) is 2.20. The van der Waals surface area contributed by atoms with E-state index in [9.17, 15) is 18.0 Å². The van der Waals surface area contributed by atoms with Crippen molar-refractivity contribution in [3.8, 4) is 0 Å². The molecule has 0 atom stereocenters. The molecule has 4 nitrogen and oxygen atoms in total. The SMILES string of the molecule is COC(=O)CO/C=C/C(=C\C=N)C(F)(F)F. The summed E-state index contributed by atoms with van der Waals surface area (Å²) in [7, 11) is 1.13. The highest BCUT2D eigenvalue weighted by atomic mass is 19.4. The van der Waals surface area contributed by atoms with Crippen molar-refractivity contribution in [1.29, 1.82) is 5.41 Å². The van der Waals surface area contributed by atoms with Gasteiger partial charge in [-0.1, -0.05) is 0 Å². The van der Waals surface area contributed by atoms with Gasteiger partial charge in [0.2, 0.25) is 0 Å². The molecule has 0 amide bonds. The van der Waals surface area contributed by atoms with E-state index in [-0.39, 0.29) is 0 Å². The Bertz CT molecular complexity index is 308. The summed E-state index contributed by atoms with van der Waals surface area (Å²) in [6.07, 6.45) is -2.15. The fourth-order valence-electron chi connectivity index (χ4n) is 0.631. The minimum Gasteiger partial charge on any atom is -0.489 e. The molecule has 0 aliphatic heterocycles. The Labute approximate surface area is 89.9 Å². The van der Waals surface area contributed by atoms with Gasteiger partial charge in [-0.2, -0.15) is 13.2 Å². The van der Waals surface area contributed by atoms with Crippen LogP contribution in [0, 0.1) is 5.41 Å². The van der Waals surface area contributed by atoms with E-state index in [1.54, 1.807) is 0 Å². The molecule has 0 radical (unpaired) electrons. The van der Waals surface area contributed by atoms with Crippen LogP contribution in [-0.4, -0.2) is 32.1 Å². The molecule has 16 heavy (non-hydrogen) atoms. The average molecular weight is 237 g/mol. The van der Waals surface area contributed by atoms with Crippen LogP contribution < -0.4 is 0 Å². The van der Waals surface area contributed by atoms with Crippen molar-refractivity contribution < 1.29 is 27.4 Å². The van der Waals surface area contributed by atoms with Crippen LogP contribution in [-0.2, 0) is 14.3 Å². The first kappa shape index (κ1) is 14.2. The molecule has 0 bridgehead atoms. The lowest BCUT2D eigenvalue weighted by molar-refractivity contribution is -0.144. The van der Waals surface area contributed by atoms with Crippen molar-refractivity contribution in [3.63, 3.8) is 0 Å². The first-order valence-electron chi connectivity index (χ1n) is 4.04. The third kappa shape index (κ3) is 5.84. The van der Waals surface area contributed by atoms with Crippen LogP contribution in [0.4, 0.5) is 13.2 Å². The Balaban J connectivity index is 4.32. The highest BCUT2D eigenvalue weighted by molar-refractivity contribution is 5.71. The van der Waals surface area contributed by atoms with Crippen molar-refractivity contribution in [1.82, 2.24) is 0 Å². The van der Waals surface area contributed by atoms with E-state index in [1.165, 1.54) is 0 Å². The Morgan fingerprint density at radius 1 is 1.44 bits per heavy atom. The number of carbonyl (C=O) groups is 1. The van der Waals surface area contributed by atoms with Gasteiger partial charge in [0, 0.05) is 6.21 Å². The maximum Gasteiger partial charge on any atom is 0.416 e. The lowest BCUT2D eigenvalue weighted by Gasteiger charge is -2.06. The molecule has 0 aromatic carbocycles. The first-order valence-corrected chi connectivity index (χ1v) is 4.04. The summed E-state index contributed by atoms with van der Waals surface area (Å²) in [5, 5.41) is 6.54. The monoisotopic (exact) mass is 237 g/mol. The molecule has 0 fully saturated rings. The lowest BCUT2D eigenvalue weighted by Crippen LogP contribution is -2.11.